The van der Waals surface area contributed by atoms with Crippen molar-refractivity contribution < 1.29 is 14.7 Å². The van der Waals surface area contributed by atoms with Gasteiger partial charge in [0.15, 0.2) is 0 Å². The molecule has 1 heterocycles. The minimum Gasteiger partial charge on any atom is -0.480 e. The number of rotatable bonds is 5. The van der Waals surface area contributed by atoms with E-state index in [0.717, 1.165) is 12.8 Å². The standard InChI is InChI=1S/C15H20N2O3S/c1-2-6-12-17(11(9-21-12)15(19)20)14(18)13(16)10-7-4-3-5-8-10/h3-5,7-8,11-13H,2,6,9,16H2,1H3,(H,19,20)/t11?,12?,13-/m0/s1. The number of aliphatic carboxylic acids is 1. The summed E-state index contributed by atoms with van der Waals surface area (Å²) >= 11 is 1.52. The summed E-state index contributed by atoms with van der Waals surface area (Å²) in [6.07, 6.45) is 1.68. The fourth-order valence-corrected chi connectivity index (χ4v) is 4.00. The fraction of sp³-hybridized carbons (Fsp3) is 0.467. The highest BCUT2D eigenvalue weighted by molar-refractivity contribution is 8.00. The molecule has 6 heteroatoms. The van der Waals surface area contributed by atoms with Gasteiger partial charge in [-0.25, -0.2) is 4.79 Å². The second kappa shape index (κ2) is 6.95. The molecule has 0 aromatic heterocycles. The van der Waals surface area contributed by atoms with E-state index in [2.05, 4.69) is 0 Å². The number of carbonyl (C=O) groups excluding carboxylic acids is 1. The van der Waals surface area contributed by atoms with Crippen molar-refractivity contribution in [1.82, 2.24) is 4.90 Å². The number of thioether (sulfide) groups is 1. The predicted molar refractivity (Wildman–Crippen MR) is 82.8 cm³/mol. The van der Waals surface area contributed by atoms with E-state index in [9.17, 15) is 14.7 Å². The van der Waals surface area contributed by atoms with Gasteiger partial charge in [0.2, 0.25) is 5.91 Å². The smallest absolute Gasteiger partial charge is 0.327 e. The Morgan fingerprint density at radius 3 is 2.67 bits per heavy atom. The first-order chi connectivity index (χ1) is 10.1. The van der Waals surface area contributed by atoms with Gasteiger partial charge in [-0.3, -0.25) is 4.79 Å². The molecule has 0 saturated carbocycles. The van der Waals surface area contributed by atoms with E-state index >= 15 is 0 Å². The lowest BCUT2D eigenvalue weighted by Crippen LogP contribution is -2.49. The van der Waals surface area contributed by atoms with Gasteiger partial charge in [0.1, 0.15) is 12.1 Å². The van der Waals surface area contributed by atoms with Crippen LogP contribution >= 0.6 is 11.8 Å². The average Bonchev–Trinajstić information content (AvgIpc) is 2.91. The van der Waals surface area contributed by atoms with Crippen molar-refractivity contribution in [3.05, 3.63) is 35.9 Å². The molecule has 3 N–H and O–H groups in total. The van der Waals surface area contributed by atoms with Crippen LogP contribution in [0.5, 0.6) is 0 Å². The lowest BCUT2D eigenvalue weighted by Gasteiger charge is -2.29. The van der Waals surface area contributed by atoms with E-state index < -0.39 is 18.1 Å². The zero-order valence-corrected chi connectivity index (χ0v) is 12.8. The van der Waals surface area contributed by atoms with Gasteiger partial charge < -0.3 is 15.7 Å². The van der Waals surface area contributed by atoms with Crippen LogP contribution in [0.3, 0.4) is 0 Å². The number of benzene rings is 1. The van der Waals surface area contributed by atoms with Gasteiger partial charge in [0.25, 0.3) is 0 Å². The van der Waals surface area contributed by atoms with Gasteiger partial charge in [0.05, 0.1) is 5.37 Å². The van der Waals surface area contributed by atoms with E-state index in [4.69, 9.17) is 5.73 Å². The molecule has 1 fully saturated rings. The lowest BCUT2D eigenvalue weighted by atomic mass is 10.1. The Labute approximate surface area is 128 Å². The first kappa shape index (κ1) is 15.9. The highest BCUT2D eigenvalue weighted by Crippen LogP contribution is 2.34. The minimum absolute atomic E-state index is 0.0987. The molecule has 3 atom stereocenters. The number of carbonyl (C=O) groups is 2. The maximum atomic E-state index is 12.7. The molecule has 1 saturated heterocycles. The van der Waals surface area contributed by atoms with Crippen LogP contribution in [0.2, 0.25) is 0 Å². The fourth-order valence-electron chi connectivity index (χ4n) is 2.48. The van der Waals surface area contributed by atoms with Crippen LogP contribution in [0.15, 0.2) is 30.3 Å². The summed E-state index contributed by atoms with van der Waals surface area (Å²) < 4.78 is 0. The molecule has 1 aromatic carbocycles. The molecule has 0 radical (unpaired) electrons. The number of nitrogens with two attached hydrogens (primary N) is 1. The molecule has 5 nitrogen and oxygen atoms in total. The SMILES string of the molecule is CCCC1SCC(C(=O)O)N1C(=O)[C@@H](N)c1ccccc1. The molecule has 0 spiro atoms. The molecule has 2 rings (SSSR count). The second-order valence-corrected chi connectivity index (χ2v) is 6.28. The maximum absolute atomic E-state index is 12.7. The van der Waals surface area contributed by atoms with Gasteiger partial charge in [-0.15, -0.1) is 11.8 Å². The summed E-state index contributed by atoms with van der Waals surface area (Å²) in [7, 11) is 0. The van der Waals surface area contributed by atoms with Crippen LogP contribution in [-0.2, 0) is 9.59 Å². The van der Waals surface area contributed by atoms with Crippen molar-refractivity contribution in [2.45, 2.75) is 37.2 Å². The molecular weight excluding hydrogens is 288 g/mol. The highest BCUT2D eigenvalue weighted by atomic mass is 32.2. The van der Waals surface area contributed by atoms with Gasteiger partial charge in [-0.2, -0.15) is 0 Å². The minimum atomic E-state index is -0.963. The molecule has 21 heavy (non-hydrogen) atoms. The topological polar surface area (TPSA) is 83.6 Å². The zero-order valence-electron chi connectivity index (χ0n) is 11.9. The Morgan fingerprint density at radius 1 is 1.43 bits per heavy atom. The number of carboxylic acids is 1. The molecule has 1 aliphatic rings. The summed E-state index contributed by atoms with van der Waals surface area (Å²) in [5.74, 6) is -0.848. The number of carboxylic acid groups (broad SMARTS) is 1. The van der Waals surface area contributed by atoms with Crippen LogP contribution in [0, 0.1) is 0 Å². The Hall–Kier alpha value is -1.53. The van der Waals surface area contributed by atoms with E-state index in [1.807, 2.05) is 25.1 Å². The first-order valence-corrected chi connectivity index (χ1v) is 8.08. The largest absolute Gasteiger partial charge is 0.480 e. The predicted octanol–water partition coefficient (Wildman–Crippen LogP) is 1.84. The molecular formula is C15H20N2O3S. The van der Waals surface area contributed by atoms with Crippen LogP contribution in [0.1, 0.15) is 31.4 Å². The van der Waals surface area contributed by atoms with E-state index in [1.54, 1.807) is 12.1 Å². The van der Waals surface area contributed by atoms with Crippen molar-refractivity contribution >= 4 is 23.6 Å². The van der Waals surface area contributed by atoms with Crippen molar-refractivity contribution in [3.63, 3.8) is 0 Å². The molecule has 114 valence electrons. The monoisotopic (exact) mass is 308 g/mol. The van der Waals surface area contributed by atoms with Crippen LogP contribution in [0.4, 0.5) is 0 Å². The third kappa shape index (κ3) is 3.39. The van der Waals surface area contributed by atoms with Gasteiger partial charge in [0, 0.05) is 5.75 Å². The number of hydrogen-bond acceptors (Lipinski definition) is 4. The summed E-state index contributed by atoms with van der Waals surface area (Å²) in [5, 5.41) is 9.22. The molecule has 0 bridgehead atoms. The quantitative estimate of drug-likeness (QED) is 0.867. The number of amides is 1. The maximum Gasteiger partial charge on any atom is 0.327 e. The highest BCUT2D eigenvalue weighted by Gasteiger charge is 2.42. The summed E-state index contributed by atoms with van der Waals surface area (Å²) in [6, 6.07) is 7.47. The lowest BCUT2D eigenvalue weighted by molar-refractivity contribution is -0.149. The van der Waals surface area contributed by atoms with Crippen molar-refractivity contribution in [1.29, 1.82) is 0 Å². The summed E-state index contributed by atoms with van der Waals surface area (Å²) in [5.41, 5.74) is 6.75. The van der Waals surface area contributed by atoms with Gasteiger partial charge in [-0.05, 0) is 12.0 Å². The van der Waals surface area contributed by atoms with Crippen molar-refractivity contribution in [3.8, 4) is 0 Å². The first-order valence-electron chi connectivity index (χ1n) is 7.03. The molecule has 1 amide bonds. The molecule has 2 unspecified atom stereocenters. The van der Waals surface area contributed by atoms with Crippen molar-refractivity contribution in [2.24, 2.45) is 5.73 Å². The van der Waals surface area contributed by atoms with E-state index in [-0.39, 0.29) is 11.3 Å². The van der Waals surface area contributed by atoms with Gasteiger partial charge >= 0.3 is 5.97 Å². The molecule has 1 aromatic rings. The summed E-state index contributed by atoms with van der Waals surface area (Å²) in [4.78, 5) is 25.5. The normalized spacial score (nSPS) is 23.0. The van der Waals surface area contributed by atoms with Gasteiger partial charge in [-0.1, -0.05) is 43.7 Å². The molecule has 0 aliphatic carbocycles. The Bertz CT molecular complexity index is 509. The number of nitrogens with zero attached hydrogens (tertiary/aromatic N) is 1. The van der Waals surface area contributed by atoms with E-state index in [1.165, 1.54) is 16.7 Å². The zero-order chi connectivity index (χ0) is 15.4. The van der Waals surface area contributed by atoms with E-state index in [0.29, 0.717) is 11.3 Å². The van der Waals surface area contributed by atoms with Crippen LogP contribution in [0.25, 0.3) is 0 Å². The third-order valence-electron chi connectivity index (χ3n) is 3.59. The van der Waals surface area contributed by atoms with Crippen LogP contribution < -0.4 is 5.73 Å². The third-order valence-corrected chi connectivity index (χ3v) is 4.95. The Balaban J connectivity index is 2.22. The average molecular weight is 308 g/mol. The number of hydrogen-bond donors (Lipinski definition) is 2. The molecule has 1 aliphatic heterocycles. The Morgan fingerprint density at radius 2 is 2.10 bits per heavy atom. The van der Waals surface area contributed by atoms with Crippen molar-refractivity contribution in [2.75, 3.05) is 5.75 Å². The second-order valence-electron chi connectivity index (χ2n) is 5.06. The van der Waals surface area contributed by atoms with Crippen LogP contribution in [-0.4, -0.2) is 39.1 Å². The Kier molecular flexibility index (Phi) is 5.25. The summed E-state index contributed by atoms with van der Waals surface area (Å²) in [6.45, 7) is 2.02.